The van der Waals surface area contributed by atoms with Crippen LogP contribution in [0.5, 0.6) is 0 Å². The van der Waals surface area contributed by atoms with Crippen molar-refractivity contribution in [3.05, 3.63) is 35.4 Å². The number of nitrogens with one attached hydrogen (secondary N) is 2. The molecule has 0 aliphatic heterocycles. The van der Waals surface area contributed by atoms with E-state index in [1.54, 1.807) is 11.5 Å². The van der Waals surface area contributed by atoms with Crippen LogP contribution in [0.1, 0.15) is 60.9 Å². The van der Waals surface area contributed by atoms with Gasteiger partial charge in [0.05, 0.1) is 0 Å². The third-order valence-corrected chi connectivity index (χ3v) is 6.68. The molecule has 24 heavy (non-hydrogen) atoms. The first-order valence-corrected chi connectivity index (χ1v) is 9.40. The zero-order valence-corrected chi connectivity index (χ0v) is 14.3. The Kier molecular flexibility index (Phi) is 4.35. The molecule has 0 saturated heterocycles. The number of hydroxylamine groups is 1. The first kappa shape index (κ1) is 16.1. The number of hydrogen-bond acceptors (Lipinski definition) is 3. The molecule has 0 aromatic heterocycles. The molecule has 4 heteroatoms. The molecule has 4 nitrogen and oxygen atoms in total. The number of hydrogen-bond donors (Lipinski definition) is 3. The van der Waals surface area contributed by atoms with Crippen LogP contribution in [0.25, 0.3) is 0 Å². The van der Waals surface area contributed by atoms with Crippen LogP contribution in [0.4, 0.5) is 0 Å². The Morgan fingerprint density at radius 1 is 1.08 bits per heavy atom. The summed E-state index contributed by atoms with van der Waals surface area (Å²) in [6.45, 7) is 1.69. The van der Waals surface area contributed by atoms with Gasteiger partial charge >= 0.3 is 0 Å². The third-order valence-electron chi connectivity index (χ3n) is 6.68. The molecule has 4 aliphatic carbocycles. The highest BCUT2D eigenvalue weighted by Crippen LogP contribution is 2.61. The van der Waals surface area contributed by atoms with Gasteiger partial charge in [-0.05, 0) is 86.3 Å². The van der Waals surface area contributed by atoms with Gasteiger partial charge in [-0.3, -0.25) is 10.0 Å². The van der Waals surface area contributed by atoms with Crippen molar-refractivity contribution in [1.82, 2.24) is 10.8 Å². The lowest BCUT2D eigenvalue weighted by Gasteiger charge is -2.57. The molecule has 5 rings (SSSR count). The van der Waals surface area contributed by atoms with Gasteiger partial charge in [-0.1, -0.05) is 18.2 Å². The molecule has 4 fully saturated rings. The summed E-state index contributed by atoms with van der Waals surface area (Å²) in [5.74, 6) is 2.58. The van der Waals surface area contributed by atoms with Crippen LogP contribution in [0, 0.1) is 23.2 Å². The monoisotopic (exact) mass is 328 g/mol. The first-order valence-electron chi connectivity index (χ1n) is 9.40. The number of amides is 1. The van der Waals surface area contributed by atoms with Crippen molar-refractivity contribution in [2.75, 3.05) is 6.54 Å². The highest BCUT2D eigenvalue weighted by molar-refractivity contribution is 5.94. The average molecular weight is 328 g/mol. The SMILES string of the molecule is O=C(NO)c1ccccc1CNCCC12CC3CC(CC(C3)C1)C2. The molecule has 0 spiro atoms. The van der Waals surface area contributed by atoms with Crippen molar-refractivity contribution in [2.24, 2.45) is 23.2 Å². The summed E-state index contributed by atoms with van der Waals surface area (Å²) in [6.07, 6.45) is 10.1. The minimum absolute atomic E-state index is 0.437. The van der Waals surface area contributed by atoms with Crippen molar-refractivity contribution < 1.29 is 10.0 Å². The molecule has 0 atom stereocenters. The molecule has 0 heterocycles. The molecule has 4 saturated carbocycles. The molecule has 0 unspecified atom stereocenters. The molecule has 4 aliphatic rings. The smallest absolute Gasteiger partial charge is 0.274 e. The maximum Gasteiger partial charge on any atom is 0.274 e. The van der Waals surface area contributed by atoms with Gasteiger partial charge in [0.25, 0.3) is 5.91 Å². The van der Waals surface area contributed by atoms with Gasteiger partial charge in [0.15, 0.2) is 0 Å². The van der Waals surface area contributed by atoms with E-state index in [0.29, 0.717) is 17.5 Å². The number of carbonyl (C=O) groups is 1. The summed E-state index contributed by atoms with van der Waals surface area (Å²) in [6, 6.07) is 7.46. The van der Waals surface area contributed by atoms with Crippen LogP contribution >= 0.6 is 0 Å². The molecule has 130 valence electrons. The third kappa shape index (κ3) is 3.09. The van der Waals surface area contributed by atoms with Crippen LogP contribution < -0.4 is 10.8 Å². The number of carbonyl (C=O) groups excluding carboxylic acids is 1. The predicted octanol–water partition coefficient (Wildman–Crippen LogP) is 3.50. The maximum atomic E-state index is 11.7. The average Bonchev–Trinajstić information content (AvgIpc) is 2.57. The Morgan fingerprint density at radius 2 is 1.71 bits per heavy atom. The number of benzene rings is 1. The second-order valence-corrected chi connectivity index (χ2v) is 8.44. The van der Waals surface area contributed by atoms with E-state index in [1.165, 1.54) is 44.9 Å². The summed E-state index contributed by atoms with van der Waals surface area (Å²) in [5, 5.41) is 12.4. The molecule has 1 amide bonds. The Balaban J connectivity index is 1.32. The van der Waals surface area contributed by atoms with Crippen LogP contribution in [0.15, 0.2) is 24.3 Å². The molecule has 0 radical (unpaired) electrons. The van der Waals surface area contributed by atoms with E-state index < -0.39 is 5.91 Å². The lowest BCUT2D eigenvalue weighted by atomic mass is 9.49. The molecule has 1 aromatic carbocycles. The minimum atomic E-state index is -0.437. The fourth-order valence-electron chi connectivity index (χ4n) is 6.13. The van der Waals surface area contributed by atoms with Gasteiger partial charge in [0.1, 0.15) is 0 Å². The second kappa shape index (κ2) is 6.49. The quantitative estimate of drug-likeness (QED) is 0.425. The van der Waals surface area contributed by atoms with Crippen LogP contribution in [-0.2, 0) is 6.54 Å². The van der Waals surface area contributed by atoms with Crippen molar-refractivity contribution in [3.63, 3.8) is 0 Å². The van der Waals surface area contributed by atoms with E-state index in [9.17, 15) is 4.79 Å². The van der Waals surface area contributed by atoms with E-state index in [1.807, 2.05) is 18.2 Å². The Morgan fingerprint density at radius 3 is 2.33 bits per heavy atom. The van der Waals surface area contributed by atoms with Crippen molar-refractivity contribution >= 4 is 5.91 Å². The van der Waals surface area contributed by atoms with E-state index in [-0.39, 0.29) is 0 Å². The van der Waals surface area contributed by atoms with E-state index in [0.717, 1.165) is 29.9 Å². The van der Waals surface area contributed by atoms with Gasteiger partial charge in [-0.2, -0.15) is 0 Å². The van der Waals surface area contributed by atoms with Gasteiger partial charge in [-0.25, -0.2) is 5.48 Å². The summed E-state index contributed by atoms with van der Waals surface area (Å²) < 4.78 is 0. The minimum Gasteiger partial charge on any atom is -0.313 e. The lowest BCUT2D eigenvalue weighted by molar-refractivity contribution is -0.0567. The Labute approximate surface area is 144 Å². The van der Waals surface area contributed by atoms with Crippen molar-refractivity contribution in [2.45, 2.75) is 51.5 Å². The Bertz CT molecular complexity index is 578. The van der Waals surface area contributed by atoms with Crippen LogP contribution in [0.2, 0.25) is 0 Å². The fourth-order valence-corrected chi connectivity index (χ4v) is 6.13. The zero-order chi connectivity index (χ0) is 16.6. The van der Waals surface area contributed by atoms with Crippen LogP contribution in [-0.4, -0.2) is 17.7 Å². The van der Waals surface area contributed by atoms with Crippen molar-refractivity contribution in [3.8, 4) is 0 Å². The molecule has 3 N–H and O–H groups in total. The van der Waals surface area contributed by atoms with Crippen LogP contribution in [0.3, 0.4) is 0 Å². The zero-order valence-electron chi connectivity index (χ0n) is 14.3. The topological polar surface area (TPSA) is 61.4 Å². The normalized spacial score (nSPS) is 33.6. The largest absolute Gasteiger partial charge is 0.313 e. The maximum absolute atomic E-state index is 11.7. The molecular weight excluding hydrogens is 300 g/mol. The van der Waals surface area contributed by atoms with Gasteiger partial charge in [0.2, 0.25) is 0 Å². The van der Waals surface area contributed by atoms with E-state index >= 15 is 0 Å². The van der Waals surface area contributed by atoms with E-state index in [2.05, 4.69) is 5.32 Å². The first-order chi connectivity index (χ1) is 11.7. The molecular formula is C20H28N2O2. The summed E-state index contributed by atoms with van der Waals surface area (Å²) in [7, 11) is 0. The Hall–Kier alpha value is -1.39. The van der Waals surface area contributed by atoms with Crippen molar-refractivity contribution in [1.29, 1.82) is 0 Å². The van der Waals surface area contributed by atoms with Gasteiger partial charge in [-0.15, -0.1) is 0 Å². The van der Waals surface area contributed by atoms with Gasteiger partial charge < -0.3 is 5.32 Å². The second-order valence-electron chi connectivity index (χ2n) is 8.44. The van der Waals surface area contributed by atoms with Gasteiger partial charge in [0, 0.05) is 12.1 Å². The summed E-state index contributed by atoms with van der Waals surface area (Å²) in [5.41, 5.74) is 3.82. The molecule has 1 aromatic rings. The highest BCUT2D eigenvalue weighted by atomic mass is 16.5. The fraction of sp³-hybridized carbons (Fsp3) is 0.650. The highest BCUT2D eigenvalue weighted by Gasteiger charge is 2.50. The lowest BCUT2D eigenvalue weighted by Crippen LogP contribution is -2.47. The summed E-state index contributed by atoms with van der Waals surface area (Å²) in [4.78, 5) is 11.7. The molecule has 4 bridgehead atoms. The van der Waals surface area contributed by atoms with E-state index in [4.69, 9.17) is 5.21 Å². The summed E-state index contributed by atoms with van der Waals surface area (Å²) >= 11 is 0. The standard InChI is InChI=1S/C20H28N2O2/c23-19(22-24)18-4-2-1-3-17(18)13-21-6-5-20-10-14-7-15(11-20)9-16(8-14)12-20/h1-4,14-16,21,24H,5-13H2,(H,22,23). The predicted molar refractivity (Wildman–Crippen MR) is 92.6 cm³/mol. The number of rotatable bonds is 6.